The Balaban J connectivity index is 2.66. The number of carbonyl (C=O) groups excluding carboxylic acids is 1. The van der Waals surface area contributed by atoms with Crippen molar-refractivity contribution in [3.8, 4) is 0 Å². The first-order valence-electron chi connectivity index (χ1n) is 5.29. The molecule has 1 rings (SSSR count). The topological polar surface area (TPSA) is 38.3 Å². The van der Waals surface area contributed by atoms with Gasteiger partial charge in [-0.25, -0.2) is 9.18 Å². The molecule has 0 saturated heterocycles. The van der Waals surface area contributed by atoms with E-state index in [1.165, 1.54) is 25.3 Å². The van der Waals surface area contributed by atoms with Gasteiger partial charge in [0.25, 0.3) is 0 Å². The van der Waals surface area contributed by atoms with E-state index in [1.807, 2.05) is 6.26 Å². The molecular weight excluding hydrogens is 241 g/mol. The summed E-state index contributed by atoms with van der Waals surface area (Å²) in [4.78, 5) is 11.3. The molecule has 0 unspecified atom stereocenters. The van der Waals surface area contributed by atoms with E-state index in [9.17, 15) is 9.18 Å². The van der Waals surface area contributed by atoms with Crippen LogP contribution in [-0.4, -0.2) is 31.6 Å². The van der Waals surface area contributed by atoms with E-state index in [0.717, 1.165) is 12.2 Å². The van der Waals surface area contributed by atoms with Crippen LogP contribution < -0.4 is 5.32 Å². The van der Waals surface area contributed by atoms with Crippen LogP contribution in [0.3, 0.4) is 0 Å². The molecule has 0 aromatic heterocycles. The smallest absolute Gasteiger partial charge is 0.337 e. The average Bonchev–Trinajstić information content (AvgIpc) is 2.35. The van der Waals surface area contributed by atoms with Gasteiger partial charge in [-0.2, -0.15) is 11.8 Å². The number of carbonyl (C=O) groups is 1. The van der Waals surface area contributed by atoms with E-state index in [2.05, 4.69) is 10.1 Å². The van der Waals surface area contributed by atoms with E-state index in [4.69, 9.17) is 0 Å². The van der Waals surface area contributed by atoms with E-state index in [0.29, 0.717) is 17.8 Å². The monoisotopic (exact) mass is 257 g/mol. The molecule has 3 nitrogen and oxygen atoms in total. The van der Waals surface area contributed by atoms with Gasteiger partial charge in [0.05, 0.1) is 18.4 Å². The lowest BCUT2D eigenvalue weighted by Gasteiger charge is -2.08. The van der Waals surface area contributed by atoms with Gasteiger partial charge < -0.3 is 10.1 Å². The predicted molar refractivity (Wildman–Crippen MR) is 69.2 cm³/mol. The van der Waals surface area contributed by atoms with Gasteiger partial charge in [0, 0.05) is 6.54 Å². The fourth-order valence-corrected chi connectivity index (χ4v) is 1.78. The summed E-state index contributed by atoms with van der Waals surface area (Å²) in [5.41, 5.74) is 0.690. The summed E-state index contributed by atoms with van der Waals surface area (Å²) >= 11 is 1.74. The Bertz CT molecular complexity index is 385. The third-order valence-corrected chi connectivity index (χ3v) is 2.93. The Morgan fingerprint density at radius 2 is 2.29 bits per heavy atom. The van der Waals surface area contributed by atoms with Gasteiger partial charge in [0.1, 0.15) is 5.82 Å². The fraction of sp³-hybridized carbons (Fsp3) is 0.417. The molecule has 0 radical (unpaired) electrons. The highest BCUT2D eigenvalue weighted by atomic mass is 32.2. The van der Waals surface area contributed by atoms with E-state index in [1.54, 1.807) is 11.8 Å². The molecule has 0 spiro atoms. The summed E-state index contributed by atoms with van der Waals surface area (Å²) in [6.07, 6.45) is 2.97. The minimum atomic E-state index is -0.461. The number of halogens is 1. The molecule has 0 aliphatic carbocycles. The number of nitrogens with one attached hydrogen (secondary N) is 1. The number of hydrogen-bond donors (Lipinski definition) is 1. The third-order valence-electron chi connectivity index (χ3n) is 2.23. The number of methoxy groups -OCH3 is 1. The number of benzene rings is 1. The average molecular weight is 257 g/mol. The SMILES string of the molecule is COC(=O)c1ccc(F)c(NCCCSC)c1. The molecule has 0 saturated carbocycles. The lowest BCUT2D eigenvalue weighted by molar-refractivity contribution is 0.0600. The van der Waals surface area contributed by atoms with Crippen LogP contribution in [0.5, 0.6) is 0 Å². The second-order valence-electron chi connectivity index (χ2n) is 3.46. The molecule has 1 aromatic rings. The number of rotatable bonds is 6. The minimum absolute atomic E-state index is 0.342. The zero-order valence-corrected chi connectivity index (χ0v) is 10.8. The van der Waals surface area contributed by atoms with Crippen molar-refractivity contribution in [3.63, 3.8) is 0 Å². The molecule has 17 heavy (non-hydrogen) atoms. The summed E-state index contributed by atoms with van der Waals surface area (Å²) in [6.45, 7) is 0.683. The Morgan fingerprint density at radius 3 is 2.94 bits per heavy atom. The molecule has 0 fully saturated rings. The summed E-state index contributed by atoms with van der Waals surface area (Å²) < 4.78 is 18.0. The number of esters is 1. The molecule has 0 heterocycles. The van der Waals surface area contributed by atoms with Crippen LogP contribution in [0.2, 0.25) is 0 Å². The largest absolute Gasteiger partial charge is 0.465 e. The molecule has 0 amide bonds. The van der Waals surface area contributed by atoms with Gasteiger partial charge in [-0.05, 0) is 36.6 Å². The Kier molecular flexibility index (Phi) is 5.83. The Morgan fingerprint density at radius 1 is 1.53 bits per heavy atom. The lowest BCUT2D eigenvalue weighted by Crippen LogP contribution is -2.07. The lowest BCUT2D eigenvalue weighted by atomic mass is 10.2. The van der Waals surface area contributed by atoms with Crippen molar-refractivity contribution in [3.05, 3.63) is 29.6 Å². The molecule has 1 aromatic carbocycles. The van der Waals surface area contributed by atoms with Crippen LogP contribution in [0.25, 0.3) is 0 Å². The molecular formula is C12H16FNO2S. The van der Waals surface area contributed by atoms with Gasteiger partial charge in [-0.15, -0.1) is 0 Å². The number of hydrogen-bond acceptors (Lipinski definition) is 4. The summed E-state index contributed by atoms with van der Waals surface area (Å²) in [7, 11) is 1.30. The van der Waals surface area contributed by atoms with Crippen LogP contribution in [0.4, 0.5) is 10.1 Å². The molecule has 0 aliphatic heterocycles. The second-order valence-corrected chi connectivity index (χ2v) is 4.44. The van der Waals surface area contributed by atoms with E-state index >= 15 is 0 Å². The van der Waals surface area contributed by atoms with Gasteiger partial charge in [-0.3, -0.25) is 0 Å². The van der Waals surface area contributed by atoms with Crippen LogP contribution in [0, 0.1) is 5.82 Å². The van der Waals surface area contributed by atoms with Crippen molar-refractivity contribution in [1.82, 2.24) is 0 Å². The zero-order chi connectivity index (χ0) is 12.7. The Hall–Kier alpha value is -1.23. The maximum atomic E-state index is 13.4. The highest BCUT2D eigenvalue weighted by molar-refractivity contribution is 7.98. The van der Waals surface area contributed by atoms with E-state index < -0.39 is 5.97 Å². The van der Waals surface area contributed by atoms with Crippen molar-refractivity contribution in [2.24, 2.45) is 0 Å². The molecule has 94 valence electrons. The summed E-state index contributed by atoms with van der Waals surface area (Å²) in [5, 5.41) is 2.97. The van der Waals surface area contributed by atoms with Crippen molar-refractivity contribution in [1.29, 1.82) is 0 Å². The van der Waals surface area contributed by atoms with E-state index in [-0.39, 0.29) is 5.82 Å². The van der Waals surface area contributed by atoms with Crippen molar-refractivity contribution in [2.75, 3.05) is 31.0 Å². The van der Waals surface area contributed by atoms with Crippen molar-refractivity contribution in [2.45, 2.75) is 6.42 Å². The van der Waals surface area contributed by atoms with Crippen LogP contribution in [0.1, 0.15) is 16.8 Å². The van der Waals surface area contributed by atoms with Gasteiger partial charge >= 0.3 is 5.97 Å². The fourth-order valence-electron chi connectivity index (χ4n) is 1.35. The highest BCUT2D eigenvalue weighted by Gasteiger charge is 2.09. The minimum Gasteiger partial charge on any atom is -0.465 e. The van der Waals surface area contributed by atoms with Crippen LogP contribution in [0.15, 0.2) is 18.2 Å². The molecule has 5 heteroatoms. The molecule has 0 atom stereocenters. The number of thioether (sulfide) groups is 1. The second kappa shape index (κ2) is 7.17. The number of anilines is 1. The third kappa shape index (κ3) is 4.26. The van der Waals surface area contributed by atoms with Crippen molar-refractivity contribution < 1.29 is 13.9 Å². The molecule has 0 aliphatic rings. The molecule has 1 N–H and O–H groups in total. The van der Waals surface area contributed by atoms with Crippen LogP contribution in [-0.2, 0) is 4.74 Å². The standard InChI is InChI=1S/C12H16FNO2S/c1-16-12(15)9-4-5-10(13)11(8-9)14-6-3-7-17-2/h4-5,8,14H,3,6-7H2,1-2H3. The normalized spacial score (nSPS) is 10.1. The van der Waals surface area contributed by atoms with Crippen molar-refractivity contribution >= 4 is 23.4 Å². The van der Waals surface area contributed by atoms with Crippen LogP contribution >= 0.6 is 11.8 Å². The maximum Gasteiger partial charge on any atom is 0.337 e. The summed E-state index contributed by atoms with van der Waals surface area (Å²) in [5.74, 6) is 0.199. The predicted octanol–water partition coefficient (Wildman–Crippen LogP) is 2.78. The number of ether oxygens (including phenoxy) is 1. The highest BCUT2D eigenvalue weighted by Crippen LogP contribution is 2.16. The Labute approximate surface area is 105 Å². The maximum absolute atomic E-state index is 13.4. The first kappa shape index (κ1) is 13.8. The zero-order valence-electron chi connectivity index (χ0n) is 9.96. The summed E-state index contributed by atoms with van der Waals surface area (Å²) in [6, 6.07) is 4.15. The first-order chi connectivity index (χ1) is 8.19. The van der Waals surface area contributed by atoms with Gasteiger partial charge in [-0.1, -0.05) is 0 Å². The first-order valence-corrected chi connectivity index (χ1v) is 6.69. The van der Waals surface area contributed by atoms with Gasteiger partial charge in [0.2, 0.25) is 0 Å². The quantitative estimate of drug-likeness (QED) is 0.628. The molecule has 0 bridgehead atoms. The van der Waals surface area contributed by atoms with Gasteiger partial charge in [0.15, 0.2) is 0 Å².